The minimum absolute atomic E-state index is 0.163. The van der Waals surface area contributed by atoms with Gasteiger partial charge in [0.25, 0.3) is 0 Å². The number of nitrogens with one attached hydrogen (secondary N) is 1. The number of hydrogen-bond acceptors (Lipinski definition) is 4. The van der Waals surface area contributed by atoms with Gasteiger partial charge in [-0.15, -0.1) is 0 Å². The van der Waals surface area contributed by atoms with Crippen LogP contribution in [0.4, 0.5) is 11.4 Å². The predicted octanol–water partition coefficient (Wildman–Crippen LogP) is 3.89. The van der Waals surface area contributed by atoms with Crippen molar-refractivity contribution < 1.29 is 13.9 Å². The van der Waals surface area contributed by atoms with Crippen molar-refractivity contribution in [2.75, 3.05) is 36.5 Å². The van der Waals surface area contributed by atoms with Crippen LogP contribution in [-0.2, 0) is 9.53 Å². The first-order chi connectivity index (χ1) is 12.7. The molecule has 1 saturated carbocycles. The topological polar surface area (TPSA) is 54.7 Å². The Morgan fingerprint density at radius 2 is 1.96 bits per heavy atom. The van der Waals surface area contributed by atoms with Gasteiger partial charge in [0.15, 0.2) is 0 Å². The van der Waals surface area contributed by atoms with E-state index in [0.29, 0.717) is 25.0 Å². The summed E-state index contributed by atoms with van der Waals surface area (Å²) in [6, 6.07) is 11.8. The zero-order chi connectivity index (χ0) is 17.9. The second-order valence-electron chi connectivity index (χ2n) is 7.00. The number of amides is 1. The van der Waals surface area contributed by atoms with Gasteiger partial charge in [-0.2, -0.15) is 0 Å². The molecule has 2 aliphatic rings. The van der Waals surface area contributed by atoms with E-state index in [9.17, 15) is 4.79 Å². The zero-order valence-corrected chi connectivity index (χ0v) is 15.0. The molecule has 1 amide bonds. The molecule has 26 heavy (non-hydrogen) atoms. The van der Waals surface area contributed by atoms with Crippen molar-refractivity contribution in [2.24, 2.45) is 5.92 Å². The van der Waals surface area contributed by atoms with Gasteiger partial charge in [-0.3, -0.25) is 4.79 Å². The molecule has 0 spiro atoms. The number of morpholine rings is 1. The van der Waals surface area contributed by atoms with Crippen LogP contribution >= 0.6 is 0 Å². The Bertz CT molecular complexity index is 805. The fourth-order valence-corrected chi connectivity index (χ4v) is 3.37. The molecule has 1 aliphatic carbocycles. The van der Waals surface area contributed by atoms with E-state index < -0.39 is 0 Å². The van der Waals surface area contributed by atoms with E-state index in [1.807, 2.05) is 36.4 Å². The van der Waals surface area contributed by atoms with Crippen molar-refractivity contribution in [2.45, 2.75) is 19.3 Å². The smallest absolute Gasteiger partial charge is 0.248 e. The molecular weight excluding hydrogens is 328 g/mol. The van der Waals surface area contributed by atoms with Crippen molar-refractivity contribution in [1.29, 1.82) is 0 Å². The summed E-state index contributed by atoms with van der Waals surface area (Å²) in [6.45, 7) is 5.31. The zero-order valence-electron chi connectivity index (χ0n) is 15.0. The highest BCUT2D eigenvalue weighted by molar-refractivity contribution is 6.03. The van der Waals surface area contributed by atoms with Crippen molar-refractivity contribution >= 4 is 23.4 Å². The van der Waals surface area contributed by atoms with Gasteiger partial charge in [0, 0.05) is 25.1 Å². The monoisotopic (exact) mass is 352 g/mol. The third-order valence-corrected chi connectivity index (χ3v) is 5.04. The fourth-order valence-electron chi connectivity index (χ4n) is 3.37. The molecule has 5 nitrogen and oxygen atoms in total. The molecule has 1 aromatic carbocycles. The van der Waals surface area contributed by atoms with Crippen LogP contribution in [0.2, 0.25) is 0 Å². The van der Waals surface area contributed by atoms with Crippen molar-refractivity contribution in [3.8, 4) is 0 Å². The minimum atomic E-state index is -0.163. The molecule has 1 aliphatic heterocycles. The summed E-state index contributed by atoms with van der Waals surface area (Å²) in [4.78, 5) is 14.6. The van der Waals surface area contributed by atoms with E-state index in [-0.39, 0.29) is 5.91 Å². The van der Waals surface area contributed by atoms with Crippen molar-refractivity contribution in [3.63, 3.8) is 0 Å². The Labute approximate surface area is 153 Å². The third kappa shape index (κ3) is 3.83. The molecular formula is C21H24N2O3. The maximum Gasteiger partial charge on any atom is 0.248 e. The van der Waals surface area contributed by atoms with Crippen molar-refractivity contribution in [3.05, 3.63) is 54.0 Å². The molecule has 2 unspecified atom stereocenters. The maximum absolute atomic E-state index is 12.3. The highest BCUT2D eigenvalue weighted by Gasteiger charge is 2.36. The molecule has 0 bridgehead atoms. The number of furan rings is 1. The summed E-state index contributed by atoms with van der Waals surface area (Å²) in [6.07, 6.45) is 4.44. The standard InChI is InChI=1S/C21H24N2O3/c1-15-14-17(15)20-8-6-16(26-20)7-9-21(24)22-18-4-2-3-5-19(18)23-10-12-25-13-11-23/h2-9,15,17H,10-14H2,1H3,(H,22,24)/b9-7+. The average molecular weight is 352 g/mol. The van der Waals surface area contributed by atoms with Crippen LogP contribution in [0.5, 0.6) is 0 Å². The van der Waals surface area contributed by atoms with E-state index >= 15 is 0 Å². The number of rotatable bonds is 5. The van der Waals surface area contributed by atoms with E-state index in [2.05, 4.69) is 17.1 Å². The number of nitrogens with zero attached hydrogens (tertiary/aromatic N) is 1. The van der Waals surface area contributed by atoms with Gasteiger partial charge in [0.2, 0.25) is 5.91 Å². The Hall–Kier alpha value is -2.53. The molecule has 2 heterocycles. The number of carbonyl (C=O) groups is 1. The second kappa shape index (κ2) is 7.38. The minimum Gasteiger partial charge on any atom is -0.461 e. The fraction of sp³-hybridized carbons (Fsp3) is 0.381. The Balaban J connectivity index is 1.41. The predicted molar refractivity (Wildman–Crippen MR) is 102 cm³/mol. The number of ether oxygens (including phenoxy) is 1. The number of hydrogen-bond donors (Lipinski definition) is 1. The van der Waals surface area contributed by atoms with Crippen LogP contribution in [-0.4, -0.2) is 32.2 Å². The highest BCUT2D eigenvalue weighted by Crippen LogP contribution is 2.47. The van der Waals surface area contributed by atoms with Crippen LogP contribution in [0.15, 0.2) is 46.9 Å². The molecule has 4 rings (SSSR count). The van der Waals surface area contributed by atoms with Gasteiger partial charge in [0.1, 0.15) is 11.5 Å². The maximum atomic E-state index is 12.3. The summed E-state index contributed by atoms with van der Waals surface area (Å²) in [5, 5.41) is 2.98. The van der Waals surface area contributed by atoms with E-state index in [4.69, 9.17) is 9.15 Å². The number of carbonyl (C=O) groups excluding carboxylic acids is 1. The molecule has 1 saturated heterocycles. The van der Waals surface area contributed by atoms with Gasteiger partial charge < -0.3 is 19.4 Å². The molecule has 0 radical (unpaired) electrons. The molecule has 5 heteroatoms. The normalized spacial score (nSPS) is 22.6. The van der Waals surface area contributed by atoms with Crippen molar-refractivity contribution in [1.82, 2.24) is 0 Å². The SMILES string of the molecule is CC1CC1c1ccc(/C=C/C(=O)Nc2ccccc2N2CCOCC2)o1. The first-order valence-corrected chi connectivity index (χ1v) is 9.21. The largest absolute Gasteiger partial charge is 0.461 e. The quantitative estimate of drug-likeness (QED) is 0.830. The third-order valence-electron chi connectivity index (χ3n) is 5.04. The molecule has 1 N–H and O–H groups in total. The number of para-hydroxylation sites is 2. The lowest BCUT2D eigenvalue weighted by Gasteiger charge is -2.30. The molecule has 2 atom stereocenters. The highest BCUT2D eigenvalue weighted by atomic mass is 16.5. The first-order valence-electron chi connectivity index (χ1n) is 9.21. The lowest BCUT2D eigenvalue weighted by Crippen LogP contribution is -2.36. The number of anilines is 2. The lowest BCUT2D eigenvalue weighted by atomic mass is 10.2. The van der Waals surface area contributed by atoms with Crippen LogP contribution in [0.1, 0.15) is 30.8 Å². The van der Waals surface area contributed by atoms with E-state index in [0.717, 1.165) is 36.0 Å². The summed E-state index contributed by atoms with van der Waals surface area (Å²) in [5.41, 5.74) is 1.84. The van der Waals surface area contributed by atoms with Gasteiger partial charge in [-0.25, -0.2) is 0 Å². The average Bonchev–Trinajstić information content (AvgIpc) is 3.21. The molecule has 2 fully saturated rings. The summed E-state index contributed by atoms with van der Waals surface area (Å²) in [7, 11) is 0. The second-order valence-corrected chi connectivity index (χ2v) is 7.00. The summed E-state index contributed by atoms with van der Waals surface area (Å²) >= 11 is 0. The first kappa shape index (κ1) is 16.9. The molecule has 2 aromatic rings. The van der Waals surface area contributed by atoms with Crippen LogP contribution in [0.25, 0.3) is 6.08 Å². The van der Waals surface area contributed by atoms with Crippen LogP contribution < -0.4 is 10.2 Å². The van der Waals surface area contributed by atoms with Crippen LogP contribution in [0.3, 0.4) is 0 Å². The van der Waals surface area contributed by atoms with Gasteiger partial charge in [0.05, 0.1) is 24.6 Å². The van der Waals surface area contributed by atoms with Crippen LogP contribution in [0, 0.1) is 5.92 Å². The van der Waals surface area contributed by atoms with E-state index in [1.54, 1.807) is 6.08 Å². The Morgan fingerprint density at radius 1 is 1.19 bits per heavy atom. The number of benzene rings is 1. The van der Waals surface area contributed by atoms with Gasteiger partial charge in [-0.1, -0.05) is 19.1 Å². The van der Waals surface area contributed by atoms with E-state index in [1.165, 1.54) is 12.5 Å². The summed E-state index contributed by atoms with van der Waals surface area (Å²) < 4.78 is 11.2. The molecule has 1 aromatic heterocycles. The molecule has 136 valence electrons. The lowest BCUT2D eigenvalue weighted by molar-refractivity contribution is -0.111. The Morgan fingerprint density at radius 3 is 2.73 bits per heavy atom. The van der Waals surface area contributed by atoms with Gasteiger partial charge >= 0.3 is 0 Å². The summed E-state index contributed by atoms with van der Waals surface area (Å²) in [5.74, 6) is 2.83. The van der Waals surface area contributed by atoms with Gasteiger partial charge in [-0.05, 0) is 42.7 Å². The Kier molecular flexibility index (Phi) is 4.80.